The molecular weight excluding hydrogens is 1800 g/mol. The van der Waals surface area contributed by atoms with Crippen molar-refractivity contribution in [2.75, 3.05) is 39.2 Å². The quantitative estimate of drug-likeness (QED) is 0.154. The highest BCUT2D eigenvalue weighted by Crippen LogP contribution is 2.93. The van der Waals surface area contributed by atoms with E-state index in [2.05, 4.69) is 102 Å². The molecule has 0 saturated carbocycles. The zero-order chi connectivity index (χ0) is 88.9. The van der Waals surface area contributed by atoms with Crippen LogP contribution in [0.1, 0.15) is 67.7 Å². The van der Waals surface area contributed by atoms with Gasteiger partial charge in [0.25, 0.3) is 0 Å². The van der Waals surface area contributed by atoms with Crippen molar-refractivity contribution in [1.82, 2.24) is 9.80 Å². The molecule has 0 aromatic heterocycles. The van der Waals surface area contributed by atoms with Crippen LogP contribution in [-0.2, 0) is 21.7 Å². The van der Waals surface area contributed by atoms with Gasteiger partial charge in [0, 0.05) is 42.2 Å². The molecule has 2 heterocycles. The van der Waals surface area contributed by atoms with Crippen molar-refractivity contribution in [2.24, 2.45) is 0 Å². The monoisotopic (exact) mass is 1830 g/mol. The van der Waals surface area contributed by atoms with Crippen LogP contribution in [-0.4, -0.2) is 44.1 Å². The van der Waals surface area contributed by atoms with Crippen LogP contribution in [0.2, 0.25) is 0 Å². The molecule has 0 amide bonds. The van der Waals surface area contributed by atoms with E-state index >= 15 is 0 Å². The molecule has 4 nitrogen and oxygen atoms in total. The summed E-state index contributed by atoms with van der Waals surface area (Å²) in [5, 5.41) is 179. The fraction of sp³-hybridized carbons (Fsp3) is 0.0759. The van der Waals surface area contributed by atoms with Crippen LogP contribution in [0, 0.1) is 0 Å². The van der Waals surface area contributed by atoms with Crippen LogP contribution in [0.4, 0.5) is 17.1 Å². The summed E-state index contributed by atoms with van der Waals surface area (Å²) in [5.74, 6) is 0.881. The lowest BCUT2D eigenvalue weighted by Gasteiger charge is -2.52. The largest absolute Gasteiger partial charge is 0.497 e. The molecule has 59 aromatic rings. The van der Waals surface area contributed by atoms with Crippen LogP contribution in [0.5, 0.6) is 5.75 Å². The van der Waals surface area contributed by atoms with Crippen LogP contribution >= 0.6 is 0 Å². The summed E-state index contributed by atoms with van der Waals surface area (Å²) < 4.78 is 6.19. The first-order chi connectivity index (χ1) is 74.1. The van der Waals surface area contributed by atoms with Crippen molar-refractivity contribution in [3.63, 3.8) is 0 Å². The Hall–Kier alpha value is -17.9. The Morgan fingerprint density at radius 2 is 0.275 bits per heavy atom. The fourth-order valence-electron chi connectivity index (χ4n) is 53.9. The molecule has 8 aliphatic carbocycles. The van der Waals surface area contributed by atoms with Gasteiger partial charge in [0.05, 0.1) is 28.8 Å². The van der Waals surface area contributed by atoms with Crippen molar-refractivity contribution in [3.8, 4) is 5.75 Å². The van der Waals surface area contributed by atoms with Gasteiger partial charge >= 0.3 is 0 Å². The van der Waals surface area contributed by atoms with Crippen LogP contribution < -0.4 is 9.64 Å². The number of ether oxygens (including phenoxy) is 1. The number of likely N-dealkylation sites (N-methyl/N-ethyl adjacent to an activating group) is 2. The minimum Gasteiger partial charge on any atom is -0.497 e. The summed E-state index contributed by atoms with van der Waals surface area (Å²) >= 11 is 0. The first-order valence-electron chi connectivity index (χ1n) is 55.7. The molecule has 4 heteroatoms. The molecule has 0 N–H and O–H groups in total. The second-order valence-corrected chi connectivity index (χ2v) is 54.8. The fourth-order valence-corrected chi connectivity index (χ4v) is 53.9. The van der Waals surface area contributed by atoms with E-state index in [0.717, 1.165) is 24.5 Å². The van der Waals surface area contributed by atoms with Gasteiger partial charge in [-0.2, -0.15) is 0 Å². The molecule has 0 radical (unpaired) electrons. The second-order valence-electron chi connectivity index (χ2n) is 54.8. The summed E-state index contributed by atoms with van der Waals surface area (Å²) in [4.78, 5) is 8.73. The van der Waals surface area contributed by atoms with E-state index in [1.807, 2.05) is 7.11 Å². The van der Waals surface area contributed by atoms with Crippen molar-refractivity contribution in [2.45, 2.75) is 33.7 Å². The third-order valence-corrected chi connectivity index (χ3v) is 54.1. The number of methoxy groups -OCH3 is 1. The van der Waals surface area contributed by atoms with E-state index in [0.29, 0.717) is 0 Å². The van der Waals surface area contributed by atoms with Crippen molar-refractivity contribution in [3.05, 3.63) is 128 Å². The van der Waals surface area contributed by atoms with Gasteiger partial charge in [-0.1, -0.05) is 24.3 Å². The highest BCUT2D eigenvalue weighted by molar-refractivity contribution is 6.88. The van der Waals surface area contributed by atoms with Gasteiger partial charge in [-0.05, 0) is 700 Å². The molecule has 2 fully saturated rings. The van der Waals surface area contributed by atoms with Crippen LogP contribution in [0.3, 0.4) is 0 Å². The number of hydrogen-bond donors (Lipinski definition) is 0. The normalized spacial score (nSPS) is 23.3. The first kappa shape index (κ1) is 57.1. The smallest absolute Gasteiger partial charge is 0.119 e. The Bertz CT molecular complexity index is 15900. The Balaban J connectivity index is 0.477. The lowest BCUT2D eigenvalue weighted by molar-refractivity contribution is 0.271. The molecule has 0 bridgehead atoms. The highest BCUT2D eigenvalue weighted by atomic mass is 16.5. The molecule has 4 spiro atoms. The third-order valence-electron chi connectivity index (χ3n) is 54.1. The van der Waals surface area contributed by atoms with Gasteiger partial charge in [0.2, 0.25) is 0 Å². The van der Waals surface area contributed by atoms with Crippen LogP contribution in [0.25, 0.3) is 582 Å². The summed E-state index contributed by atoms with van der Waals surface area (Å²) in [6.45, 7) is 1.94. The molecule has 149 heavy (non-hydrogen) atoms. The van der Waals surface area contributed by atoms with Gasteiger partial charge in [0.15, 0.2) is 0 Å². The maximum atomic E-state index is 6.19. The number of nitrogens with zero attached hydrogens (tertiary/aromatic N) is 3. The molecule has 10 aliphatic rings. The van der Waals surface area contributed by atoms with Gasteiger partial charge < -0.3 is 9.64 Å². The predicted molar refractivity (Wildman–Crippen MR) is 626 cm³/mol. The molecule has 69 rings (SSSR count). The topological polar surface area (TPSA) is 19.0 Å². The molecule has 2 aliphatic heterocycles. The number of rotatable bonds is 6. The van der Waals surface area contributed by atoms with Crippen molar-refractivity contribution >= 4 is 599 Å². The van der Waals surface area contributed by atoms with Gasteiger partial charge in [-0.15, -0.1) is 0 Å². The second kappa shape index (κ2) is 13.4. The Kier molecular flexibility index (Phi) is 5.14. The van der Waals surface area contributed by atoms with E-state index in [1.165, 1.54) is 22.5 Å². The molecule has 628 valence electrons. The Morgan fingerprint density at radius 3 is 0.403 bits per heavy atom. The van der Waals surface area contributed by atoms with Crippen LogP contribution in [0.15, 0.2) is 72.8 Å². The summed E-state index contributed by atoms with van der Waals surface area (Å²) in [7, 11) is 7.15. The minimum atomic E-state index is -0.486. The number of hydrogen-bond acceptors (Lipinski definition) is 4. The van der Waals surface area contributed by atoms with Gasteiger partial charge in [-0.3, -0.25) is 9.80 Å². The summed E-state index contributed by atoms with van der Waals surface area (Å²) in [6.07, 6.45) is 0. The zero-order valence-corrected chi connectivity index (χ0v) is 77.2. The summed E-state index contributed by atoms with van der Waals surface area (Å²) in [6, 6.07) is 30.6. The number of anilines is 3. The average Bonchev–Trinajstić information content (AvgIpc) is 1.38. The molecule has 59 aromatic carbocycles. The van der Waals surface area contributed by atoms with Crippen molar-refractivity contribution < 1.29 is 4.74 Å². The van der Waals surface area contributed by atoms with E-state index < -0.39 is 21.7 Å². The Morgan fingerprint density at radius 1 is 0.161 bits per heavy atom. The predicted octanol–water partition coefficient (Wildman–Crippen LogP) is 37.8. The van der Waals surface area contributed by atoms with Gasteiger partial charge in [0.1, 0.15) is 5.75 Å². The molecular formula is C145H27N3O. The first-order valence-corrected chi connectivity index (χ1v) is 55.7. The highest BCUT2D eigenvalue weighted by Gasteiger charge is 2.79. The molecule has 2 atom stereocenters. The summed E-state index contributed by atoms with van der Waals surface area (Å²) in [5.41, 5.74) is 18.7. The van der Waals surface area contributed by atoms with E-state index in [1.54, 1.807) is 626 Å². The zero-order valence-electron chi connectivity index (χ0n) is 77.2. The molecule has 2 unspecified atom stereocenters. The maximum absolute atomic E-state index is 6.19. The average molecular weight is 1830 g/mol. The number of benzene rings is 39. The van der Waals surface area contributed by atoms with Crippen molar-refractivity contribution in [1.29, 1.82) is 0 Å². The number of likely N-dealkylation sites (tertiary alicyclic amines) is 2. The SMILES string of the molecule is COc1ccc(N(c2ccc(C3N(C)CC45c6c7c8c9c%10c%11c(c%12c%13c4c4c6c6c%14c7c7c8c8c%10c%10c%15c%11c%11c%12c%12c%13c%13c4c4c6c6c%14c%14c7c7c8c%10c8c%10c%15c%11c%11c%12c%12c%13c4c4c6c6c%14c7c8c7c%10c%11c%12c4c67)C935)cc2)c2ccc(C3N(C)CC45c6c7c8c9c%10c%11c(c%12c%13c4c4c6c6c%14c7c7c8c8c%10c%10c%15c%11c%11c%12c%12c%13c%13c4c4c6c6c%14c%14c7c7c8c%10c8c%10c%15c%11c%11c%12c%12c%13c4c4c6c6c%14c7c8c7c%10c%11c%12c4c67)C935)cc2)cc1. The lowest BCUT2D eigenvalue weighted by atomic mass is 9.47. The standard InChI is InChI=1S/C145H27N3O/c1-146-16-142-132-116-100-80-60-44-28-24-26-32-40-36(28)52-68-56(40)76-64-48(32)49-33(26)41-37-29(24)45(44)61-73-53(37)69-57(41)77-65(49)85-84(64)108-96(76)112-92(68)104(88(100)72(52)60)120(132)124(112)136-128(108)129-109(85)97(77)113-93(69)105-89(73)101(81(61)80)117(116)133(142)121(105)125(113)137(129)144(136,142)140(146)18-4-8-20(9-5-18)148(22-12-14-23(149-3)15-13-22)21-10-6-19(7-11-21)141-145-138-126-114-94-70-54-38-30-25-27-34-42(38)58(70)78-66-50(34)51-35(27)43-39-31(25)47-46(30)62-74(54)90-102-82(62)83-63(47)75-55(39)71-59(43)79-67(51)87-86(66)110(98(78)114)130(138)131-111(87)99(79)115-95(71)107-91(75)103(83)119-118(102)134(122(126)106(90)94)143(145,17-147(141)2)135(119)123(107)127(115)139(131)145/h4-15,140-141H,16-17H2,1-3H3. The van der Waals surface area contributed by atoms with E-state index in [9.17, 15) is 0 Å². The lowest BCUT2D eigenvalue weighted by Crippen LogP contribution is -2.51. The van der Waals surface area contributed by atoms with Gasteiger partial charge in [-0.25, -0.2) is 0 Å². The maximum Gasteiger partial charge on any atom is 0.119 e. The Labute approximate surface area is 814 Å². The van der Waals surface area contributed by atoms with E-state index in [4.69, 9.17) is 4.74 Å². The third kappa shape index (κ3) is 3.25. The molecule has 2 saturated heterocycles. The van der Waals surface area contributed by atoms with E-state index in [-0.39, 0.29) is 12.1 Å². The minimum absolute atomic E-state index is 0.00399.